The Hall–Kier alpha value is -2.55. The van der Waals surface area contributed by atoms with E-state index in [9.17, 15) is 4.79 Å². The number of benzene rings is 2. The molecular weight excluding hydrogens is 298 g/mol. The standard InChI is InChI=1S/C21H23NO2/c1-2-17-13-14-22(20(15-17)19-11-7-4-8-12-19)21(23)24-16-18-9-5-3-6-10-18/h2-12,20H,13-16H2,1H3. The summed E-state index contributed by atoms with van der Waals surface area (Å²) in [5.41, 5.74) is 3.57. The third-order valence-electron chi connectivity index (χ3n) is 4.54. The Labute approximate surface area is 143 Å². The first kappa shape index (κ1) is 16.3. The van der Waals surface area contributed by atoms with Crippen molar-refractivity contribution in [1.29, 1.82) is 0 Å². The van der Waals surface area contributed by atoms with Gasteiger partial charge < -0.3 is 9.64 Å². The highest BCUT2D eigenvalue weighted by molar-refractivity contribution is 5.69. The number of nitrogens with zero attached hydrogens (tertiary/aromatic N) is 1. The van der Waals surface area contributed by atoms with E-state index in [-0.39, 0.29) is 12.1 Å². The van der Waals surface area contributed by atoms with Crippen molar-refractivity contribution in [1.82, 2.24) is 4.90 Å². The maximum atomic E-state index is 12.6. The molecule has 1 atom stereocenters. The van der Waals surface area contributed by atoms with E-state index in [1.807, 2.05) is 53.4 Å². The zero-order valence-electron chi connectivity index (χ0n) is 14.0. The molecule has 1 amide bonds. The molecular formula is C21H23NO2. The molecule has 1 aliphatic rings. The molecule has 2 aromatic rings. The normalized spacial score (nSPS) is 19.3. The zero-order valence-corrected chi connectivity index (χ0v) is 14.0. The summed E-state index contributed by atoms with van der Waals surface area (Å²) in [6, 6.07) is 20.1. The molecule has 0 bridgehead atoms. The summed E-state index contributed by atoms with van der Waals surface area (Å²) in [4.78, 5) is 14.5. The Balaban J connectivity index is 1.72. The Morgan fingerprint density at radius 2 is 1.79 bits per heavy atom. The van der Waals surface area contributed by atoms with Crippen LogP contribution in [0, 0.1) is 0 Å². The number of amides is 1. The van der Waals surface area contributed by atoms with E-state index >= 15 is 0 Å². The van der Waals surface area contributed by atoms with Crippen molar-refractivity contribution in [3.05, 3.63) is 83.4 Å². The van der Waals surface area contributed by atoms with E-state index in [1.54, 1.807) is 0 Å². The second kappa shape index (κ2) is 7.82. The molecule has 24 heavy (non-hydrogen) atoms. The van der Waals surface area contributed by atoms with Crippen molar-refractivity contribution in [3.63, 3.8) is 0 Å². The Morgan fingerprint density at radius 1 is 1.12 bits per heavy atom. The third-order valence-corrected chi connectivity index (χ3v) is 4.54. The second-order valence-corrected chi connectivity index (χ2v) is 6.06. The van der Waals surface area contributed by atoms with Crippen LogP contribution in [0.15, 0.2) is 72.3 Å². The summed E-state index contributed by atoms with van der Waals surface area (Å²) in [6.45, 7) is 3.09. The Bertz CT molecular complexity index is 694. The molecule has 3 rings (SSSR count). The minimum Gasteiger partial charge on any atom is -0.445 e. The molecule has 1 aliphatic heterocycles. The van der Waals surface area contributed by atoms with Gasteiger partial charge in [0.1, 0.15) is 6.61 Å². The first-order valence-corrected chi connectivity index (χ1v) is 8.44. The molecule has 0 saturated carbocycles. The monoisotopic (exact) mass is 321 g/mol. The maximum Gasteiger partial charge on any atom is 0.410 e. The molecule has 0 radical (unpaired) electrons. The summed E-state index contributed by atoms with van der Waals surface area (Å²) in [5, 5.41) is 0. The van der Waals surface area contributed by atoms with Gasteiger partial charge in [0, 0.05) is 6.54 Å². The minimum absolute atomic E-state index is 0.0504. The molecule has 0 aliphatic carbocycles. The van der Waals surface area contributed by atoms with Gasteiger partial charge in [-0.2, -0.15) is 0 Å². The quantitative estimate of drug-likeness (QED) is 0.735. The van der Waals surface area contributed by atoms with Crippen molar-refractivity contribution in [2.24, 2.45) is 0 Å². The smallest absolute Gasteiger partial charge is 0.410 e. The van der Waals surface area contributed by atoms with E-state index in [4.69, 9.17) is 4.74 Å². The van der Waals surface area contributed by atoms with Crippen molar-refractivity contribution >= 4 is 6.09 Å². The molecule has 3 nitrogen and oxygen atoms in total. The van der Waals surface area contributed by atoms with Gasteiger partial charge in [0.2, 0.25) is 0 Å². The highest BCUT2D eigenvalue weighted by atomic mass is 16.6. The number of ether oxygens (including phenoxy) is 1. The second-order valence-electron chi connectivity index (χ2n) is 6.06. The summed E-state index contributed by atoms with van der Waals surface area (Å²) < 4.78 is 5.56. The highest BCUT2D eigenvalue weighted by Gasteiger charge is 2.30. The van der Waals surface area contributed by atoms with Crippen LogP contribution in [0.3, 0.4) is 0 Å². The molecule has 1 unspecified atom stereocenters. The van der Waals surface area contributed by atoms with Gasteiger partial charge >= 0.3 is 6.09 Å². The minimum atomic E-state index is -0.233. The number of allylic oxidation sites excluding steroid dienone is 1. The highest BCUT2D eigenvalue weighted by Crippen LogP contribution is 2.34. The van der Waals surface area contributed by atoms with Gasteiger partial charge in [0.25, 0.3) is 0 Å². The first-order valence-electron chi connectivity index (χ1n) is 8.44. The summed E-state index contributed by atoms with van der Waals surface area (Å²) >= 11 is 0. The third kappa shape index (κ3) is 3.85. The molecule has 1 fully saturated rings. The molecule has 0 N–H and O–H groups in total. The van der Waals surface area contributed by atoms with Gasteiger partial charge in [-0.25, -0.2) is 4.79 Å². The predicted octanol–water partition coefficient (Wildman–Crippen LogP) is 5.11. The zero-order chi connectivity index (χ0) is 16.8. The molecule has 124 valence electrons. The van der Waals surface area contributed by atoms with E-state index in [1.165, 1.54) is 5.57 Å². The number of rotatable bonds is 3. The first-order chi connectivity index (χ1) is 11.8. The van der Waals surface area contributed by atoms with Gasteiger partial charge in [-0.1, -0.05) is 72.3 Å². The van der Waals surface area contributed by atoms with Crippen LogP contribution in [0.1, 0.15) is 36.9 Å². The van der Waals surface area contributed by atoms with Gasteiger partial charge in [-0.05, 0) is 30.9 Å². The van der Waals surface area contributed by atoms with Crippen LogP contribution in [0.25, 0.3) is 0 Å². The molecule has 1 heterocycles. The predicted molar refractivity (Wildman–Crippen MR) is 95.5 cm³/mol. The van der Waals surface area contributed by atoms with Crippen molar-refractivity contribution in [3.8, 4) is 0 Å². The molecule has 0 aromatic heterocycles. The number of carbonyl (C=O) groups is 1. The molecule has 3 heteroatoms. The van der Waals surface area contributed by atoms with Gasteiger partial charge in [-0.3, -0.25) is 0 Å². The fourth-order valence-electron chi connectivity index (χ4n) is 3.14. The fraction of sp³-hybridized carbons (Fsp3) is 0.286. The Kier molecular flexibility index (Phi) is 5.32. The summed E-state index contributed by atoms with van der Waals surface area (Å²) in [7, 11) is 0. The molecule has 0 spiro atoms. The van der Waals surface area contributed by atoms with Crippen LogP contribution in [-0.4, -0.2) is 17.5 Å². The topological polar surface area (TPSA) is 29.5 Å². The van der Waals surface area contributed by atoms with Crippen LogP contribution >= 0.6 is 0 Å². The van der Waals surface area contributed by atoms with Crippen LogP contribution in [-0.2, 0) is 11.3 Å². The van der Waals surface area contributed by atoms with Crippen LogP contribution in [0.2, 0.25) is 0 Å². The van der Waals surface area contributed by atoms with Gasteiger partial charge in [0.05, 0.1) is 6.04 Å². The Morgan fingerprint density at radius 3 is 2.46 bits per heavy atom. The average molecular weight is 321 g/mol. The fourth-order valence-corrected chi connectivity index (χ4v) is 3.14. The SMILES string of the molecule is CC=C1CCN(C(=O)OCc2ccccc2)C(c2ccccc2)C1. The van der Waals surface area contributed by atoms with Gasteiger partial charge in [0.15, 0.2) is 0 Å². The number of carbonyl (C=O) groups excluding carboxylic acids is 1. The van der Waals surface area contributed by atoms with Crippen LogP contribution in [0.4, 0.5) is 4.79 Å². The van der Waals surface area contributed by atoms with Crippen molar-refractivity contribution in [2.45, 2.75) is 32.4 Å². The number of hydrogen-bond acceptors (Lipinski definition) is 2. The van der Waals surface area contributed by atoms with Gasteiger partial charge in [-0.15, -0.1) is 0 Å². The van der Waals surface area contributed by atoms with E-state index in [0.29, 0.717) is 13.2 Å². The summed E-state index contributed by atoms with van der Waals surface area (Å²) in [5.74, 6) is 0. The lowest BCUT2D eigenvalue weighted by atomic mass is 9.91. The largest absolute Gasteiger partial charge is 0.445 e. The van der Waals surface area contributed by atoms with Crippen molar-refractivity contribution in [2.75, 3.05) is 6.54 Å². The molecule has 2 aromatic carbocycles. The van der Waals surface area contributed by atoms with E-state index in [2.05, 4.69) is 25.1 Å². The number of piperidine rings is 1. The number of likely N-dealkylation sites (tertiary alicyclic amines) is 1. The van der Waals surface area contributed by atoms with Crippen molar-refractivity contribution < 1.29 is 9.53 Å². The van der Waals surface area contributed by atoms with E-state index in [0.717, 1.165) is 24.0 Å². The molecule has 1 saturated heterocycles. The van der Waals surface area contributed by atoms with Crippen LogP contribution < -0.4 is 0 Å². The lowest BCUT2D eigenvalue weighted by Gasteiger charge is -2.36. The lowest BCUT2D eigenvalue weighted by Crippen LogP contribution is -2.39. The van der Waals surface area contributed by atoms with E-state index < -0.39 is 0 Å². The van der Waals surface area contributed by atoms with Crippen LogP contribution in [0.5, 0.6) is 0 Å². The number of hydrogen-bond donors (Lipinski definition) is 0. The average Bonchev–Trinajstić information content (AvgIpc) is 2.67. The maximum absolute atomic E-state index is 12.6. The lowest BCUT2D eigenvalue weighted by molar-refractivity contribution is 0.0746. The summed E-state index contributed by atoms with van der Waals surface area (Å²) in [6.07, 6.45) is 3.73.